The first-order chi connectivity index (χ1) is 8.36. The first kappa shape index (κ1) is 11.6. The fraction of sp³-hybridized carbons (Fsp3) is 0.267. The van der Waals surface area contributed by atoms with E-state index >= 15 is 0 Å². The molecule has 2 heteroatoms. The Balaban J connectivity index is 1.76. The van der Waals surface area contributed by atoms with Crippen molar-refractivity contribution in [3.05, 3.63) is 59.9 Å². The fourth-order valence-corrected chi connectivity index (χ4v) is 1.81. The zero-order valence-electron chi connectivity index (χ0n) is 10.2. The molecular weight excluding hydrogens is 208 g/mol. The standard InChI is InChI=1S/C15H18N2/c1-13-9-11-16-12-15(13)17-10-5-8-14-6-3-2-4-7-14/h2-4,6-7,9,11-12,17H,5,8,10H2,1H3. The lowest BCUT2D eigenvalue weighted by atomic mass is 10.1. The van der Waals surface area contributed by atoms with Crippen molar-refractivity contribution in [1.29, 1.82) is 0 Å². The van der Waals surface area contributed by atoms with Gasteiger partial charge in [0.25, 0.3) is 0 Å². The van der Waals surface area contributed by atoms with Crippen molar-refractivity contribution in [3.8, 4) is 0 Å². The third-order valence-corrected chi connectivity index (χ3v) is 2.84. The maximum atomic E-state index is 4.12. The van der Waals surface area contributed by atoms with Crippen molar-refractivity contribution < 1.29 is 0 Å². The summed E-state index contributed by atoms with van der Waals surface area (Å²) in [6, 6.07) is 12.6. The number of aromatic nitrogens is 1. The molecule has 0 radical (unpaired) electrons. The van der Waals surface area contributed by atoms with E-state index in [1.165, 1.54) is 11.1 Å². The van der Waals surface area contributed by atoms with E-state index in [0.29, 0.717) is 0 Å². The van der Waals surface area contributed by atoms with Gasteiger partial charge >= 0.3 is 0 Å². The molecule has 0 spiro atoms. The third kappa shape index (κ3) is 3.59. The van der Waals surface area contributed by atoms with Crippen LogP contribution in [0.15, 0.2) is 48.8 Å². The van der Waals surface area contributed by atoms with Gasteiger partial charge in [-0.1, -0.05) is 30.3 Å². The quantitative estimate of drug-likeness (QED) is 0.790. The molecule has 2 nitrogen and oxygen atoms in total. The number of hydrogen-bond acceptors (Lipinski definition) is 2. The summed E-state index contributed by atoms with van der Waals surface area (Å²) in [4.78, 5) is 4.12. The number of nitrogens with zero attached hydrogens (tertiary/aromatic N) is 1. The van der Waals surface area contributed by atoms with Gasteiger partial charge in [0.1, 0.15) is 0 Å². The van der Waals surface area contributed by atoms with E-state index in [1.807, 2.05) is 18.5 Å². The molecular formula is C15H18N2. The highest BCUT2D eigenvalue weighted by Crippen LogP contribution is 2.11. The van der Waals surface area contributed by atoms with Crippen LogP contribution in [0.3, 0.4) is 0 Å². The Labute approximate surface area is 103 Å². The lowest BCUT2D eigenvalue weighted by Crippen LogP contribution is -2.04. The van der Waals surface area contributed by atoms with Crippen LogP contribution in [0.2, 0.25) is 0 Å². The SMILES string of the molecule is Cc1ccncc1NCCCc1ccccc1. The average molecular weight is 226 g/mol. The Morgan fingerprint density at radius 1 is 1.12 bits per heavy atom. The van der Waals surface area contributed by atoms with Crippen molar-refractivity contribution in [2.45, 2.75) is 19.8 Å². The number of rotatable bonds is 5. The van der Waals surface area contributed by atoms with Gasteiger partial charge in [-0.05, 0) is 37.0 Å². The molecule has 1 aromatic heterocycles. The zero-order chi connectivity index (χ0) is 11.9. The molecule has 0 saturated carbocycles. The molecule has 2 rings (SSSR count). The normalized spacial score (nSPS) is 10.2. The van der Waals surface area contributed by atoms with Crippen LogP contribution in [0.1, 0.15) is 17.5 Å². The van der Waals surface area contributed by atoms with E-state index in [2.05, 4.69) is 47.6 Å². The van der Waals surface area contributed by atoms with Crippen molar-refractivity contribution in [1.82, 2.24) is 4.98 Å². The Bertz CT molecular complexity index is 451. The molecule has 1 N–H and O–H groups in total. The molecule has 1 heterocycles. The van der Waals surface area contributed by atoms with Gasteiger partial charge in [0.15, 0.2) is 0 Å². The second kappa shape index (κ2) is 6.04. The van der Waals surface area contributed by atoms with E-state index in [1.54, 1.807) is 0 Å². The summed E-state index contributed by atoms with van der Waals surface area (Å²) in [6.07, 6.45) is 5.97. The molecule has 1 aromatic carbocycles. The second-order valence-corrected chi connectivity index (χ2v) is 4.21. The van der Waals surface area contributed by atoms with Crippen molar-refractivity contribution in [3.63, 3.8) is 0 Å². The summed E-state index contributed by atoms with van der Waals surface area (Å²) in [5, 5.41) is 3.42. The molecule has 17 heavy (non-hydrogen) atoms. The maximum Gasteiger partial charge on any atom is 0.0556 e. The lowest BCUT2D eigenvalue weighted by Gasteiger charge is -2.08. The summed E-state index contributed by atoms with van der Waals surface area (Å²) >= 11 is 0. The largest absolute Gasteiger partial charge is 0.384 e. The first-order valence-electron chi connectivity index (χ1n) is 6.04. The topological polar surface area (TPSA) is 24.9 Å². The van der Waals surface area contributed by atoms with Crippen LogP contribution in [0.5, 0.6) is 0 Å². The van der Waals surface area contributed by atoms with Crippen molar-refractivity contribution >= 4 is 5.69 Å². The summed E-state index contributed by atoms with van der Waals surface area (Å²) in [5.74, 6) is 0. The third-order valence-electron chi connectivity index (χ3n) is 2.84. The molecule has 0 aliphatic rings. The fourth-order valence-electron chi connectivity index (χ4n) is 1.81. The van der Waals surface area contributed by atoms with Gasteiger partial charge in [0, 0.05) is 12.7 Å². The highest BCUT2D eigenvalue weighted by molar-refractivity contribution is 5.47. The predicted molar refractivity (Wildman–Crippen MR) is 72.2 cm³/mol. The molecule has 88 valence electrons. The molecule has 0 aliphatic carbocycles. The molecule has 0 fully saturated rings. The Morgan fingerprint density at radius 3 is 2.71 bits per heavy atom. The summed E-state index contributed by atoms with van der Waals surface area (Å²) in [7, 11) is 0. The first-order valence-corrected chi connectivity index (χ1v) is 6.04. The predicted octanol–water partition coefficient (Wildman–Crippen LogP) is 3.43. The number of aryl methyl sites for hydroxylation is 2. The van der Waals surface area contributed by atoms with Crippen LogP contribution in [0, 0.1) is 6.92 Å². The molecule has 0 unspecified atom stereocenters. The number of nitrogens with one attached hydrogen (secondary N) is 1. The molecule has 0 saturated heterocycles. The Morgan fingerprint density at radius 2 is 1.94 bits per heavy atom. The summed E-state index contributed by atoms with van der Waals surface area (Å²) < 4.78 is 0. The average Bonchev–Trinajstić information content (AvgIpc) is 2.38. The molecule has 0 amide bonds. The second-order valence-electron chi connectivity index (χ2n) is 4.21. The minimum atomic E-state index is 0.988. The number of anilines is 1. The van der Waals surface area contributed by atoms with Crippen LogP contribution >= 0.6 is 0 Å². The zero-order valence-corrected chi connectivity index (χ0v) is 10.2. The molecule has 0 bridgehead atoms. The summed E-state index contributed by atoms with van der Waals surface area (Å²) in [5.41, 5.74) is 3.79. The van der Waals surface area contributed by atoms with E-state index in [4.69, 9.17) is 0 Å². The van der Waals surface area contributed by atoms with Gasteiger partial charge in [0.2, 0.25) is 0 Å². The highest BCUT2D eigenvalue weighted by atomic mass is 14.9. The van der Waals surface area contributed by atoms with Crippen LogP contribution in [-0.4, -0.2) is 11.5 Å². The number of hydrogen-bond donors (Lipinski definition) is 1. The van der Waals surface area contributed by atoms with Crippen molar-refractivity contribution in [2.24, 2.45) is 0 Å². The smallest absolute Gasteiger partial charge is 0.0556 e. The van der Waals surface area contributed by atoms with E-state index < -0.39 is 0 Å². The number of pyridine rings is 1. The van der Waals surface area contributed by atoms with Gasteiger partial charge in [-0.25, -0.2) is 0 Å². The molecule has 0 aliphatic heterocycles. The van der Waals surface area contributed by atoms with Gasteiger partial charge in [0.05, 0.1) is 11.9 Å². The van der Waals surface area contributed by atoms with Crippen LogP contribution < -0.4 is 5.32 Å². The molecule has 0 atom stereocenters. The van der Waals surface area contributed by atoms with Gasteiger partial charge < -0.3 is 5.32 Å². The van der Waals surface area contributed by atoms with Crippen molar-refractivity contribution in [2.75, 3.05) is 11.9 Å². The maximum absolute atomic E-state index is 4.12. The minimum absolute atomic E-state index is 0.988. The minimum Gasteiger partial charge on any atom is -0.384 e. The molecule has 2 aromatic rings. The monoisotopic (exact) mass is 226 g/mol. The van der Waals surface area contributed by atoms with E-state index in [-0.39, 0.29) is 0 Å². The van der Waals surface area contributed by atoms with Gasteiger partial charge in [-0.15, -0.1) is 0 Å². The van der Waals surface area contributed by atoms with E-state index in [0.717, 1.165) is 25.1 Å². The summed E-state index contributed by atoms with van der Waals surface area (Å²) in [6.45, 7) is 3.09. The van der Waals surface area contributed by atoms with Gasteiger partial charge in [-0.2, -0.15) is 0 Å². The van der Waals surface area contributed by atoms with Crippen LogP contribution in [0.25, 0.3) is 0 Å². The lowest BCUT2D eigenvalue weighted by molar-refractivity contribution is 0.861. The number of benzene rings is 1. The van der Waals surface area contributed by atoms with Crippen LogP contribution in [0.4, 0.5) is 5.69 Å². The highest BCUT2D eigenvalue weighted by Gasteiger charge is 1.96. The Hall–Kier alpha value is -1.83. The Kier molecular flexibility index (Phi) is 4.14. The van der Waals surface area contributed by atoms with Gasteiger partial charge in [-0.3, -0.25) is 4.98 Å². The van der Waals surface area contributed by atoms with Crippen LogP contribution in [-0.2, 0) is 6.42 Å². The van der Waals surface area contributed by atoms with E-state index in [9.17, 15) is 0 Å².